The highest BCUT2D eigenvalue weighted by Crippen LogP contribution is 2.10. The van der Waals surface area contributed by atoms with E-state index in [-0.39, 0.29) is 16.8 Å². The molecule has 0 saturated carbocycles. The fraction of sp³-hybridized carbons (Fsp3) is 0.0556. The molecule has 0 bridgehead atoms. The highest BCUT2D eigenvalue weighted by Gasteiger charge is 2.11. The molecular weight excluding hydrogens is 354 g/mol. The van der Waals surface area contributed by atoms with Crippen LogP contribution >= 0.6 is 12.2 Å². The first-order valence-corrected chi connectivity index (χ1v) is 8.09. The number of thiocarbonyl (C=S) groups is 1. The second kappa shape index (κ2) is 8.13. The van der Waals surface area contributed by atoms with E-state index < -0.39 is 5.91 Å². The average Bonchev–Trinajstić information content (AvgIpc) is 3.34. The van der Waals surface area contributed by atoms with Crippen molar-refractivity contribution in [2.24, 2.45) is 0 Å². The van der Waals surface area contributed by atoms with Crippen molar-refractivity contribution in [3.8, 4) is 0 Å². The number of carbonyl (C=O) groups is 2. The maximum Gasteiger partial charge on any atom is 0.293 e. The van der Waals surface area contributed by atoms with Gasteiger partial charge < -0.3 is 19.5 Å². The van der Waals surface area contributed by atoms with Crippen LogP contribution in [-0.2, 0) is 6.54 Å². The van der Waals surface area contributed by atoms with Gasteiger partial charge in [-0.25, -0.2) is 0 Å². The number of benzene rings is 1. The molecule has 0 atom stereocenters. The van der Waals surface area contributed by atoms with Gasteiger partial charge in [0.25, 0.3) is 11.8 Å². The van der Waals surface area contributed by atoms with Gasteiger partial charge in [-0.3, -0.25) is 14.9 Å². The van der Waals surface area contributed by atoms with E-state index in [9.17, 15) is 9.59 Å². The third-order valence-electron chi connectivity index (χ3n) is 3.38. The van der Waals surface area contributed by atoms with Gasteiger partial charge >= 0.3 is 0 Å². The number of furan rings is 2. The first-order chi connectivity index (χ1) is 12.6. The van der Waals surface area contributed by atoms with Crippen LogP contribution in [0.1, 0.15) is 26.7 Å². The molecule has 2 aromatic heterocycles. The van der Waals surface area contributed by atoms with Crippen LogP contribution in [-0.4, -0.2) is 16.9 Å². The summed E-state index contributed by atoms with van der Waals surface area (Å²) in [5.41, 5.74) is 1.13. The number of amides is 2. The largest absolute Gasteiger partial charge is 0.467 e. The Morgan fingerprint density at radius 2 is 1.65 bits per heavy atom. The van der Waals surface area contributed by atoms with E-state index >= 15 is 0 Å². The highest BCUT2D eigenvalue weighted by atomic mass is 32.1. The zero-order chi connectivity index (χ0) is 18.4. The van der Waals surface area contributed by atoms with Crippen LogP contribution in [0.4, 0.5) is 5.69 Å². The first-order valence-electron chi connectivity index (χ1n) is 7.68. The van der Waals surface area contributed by atoms with E-state index in [4.69, 9.17) is 21.1 Å². The number of carbonyl (C=O) groups excluding carboxylic acids is 2. The van der Waals surface area contributed by atoms with Crippen molar-refractivity contribution < 1.29 is 18.4 Å². The Morgan fingerprint density at radius 3 is 2.31 bits per heavy atom. The quantitative estimate of drug-likeness (QED) is 0.599. The lowest BCUT2D eigenvalue weighted by atomic mass is 10.2. The van der Waals surface area contributed by atoms with Crippen molar-refractivity contribution in [2.45, 2.75) is 6.54 Å². The van der Waals surface area contributed by atoms with Crippen LogP contribution in [0.3, 0.4) is 0 Å². The van der Waals surface area contributed by atoms with Crippen LogP contribution in [0.25, 0.3) is 0 Å². The molecular formula is C18H15N3O4S. The molecule has 0 aliphatic heterocycles. The molecule has 3 aromatic rings. The van der Waals surface area contributed by atoms with Crippen LogP contribution in [0, 0.1) is 0 Å². The zero-order valence-electron chi connectivity index (χ0n) is 13.5. The van der Waals surface area contributed by atoms with E-state index in [1.165, 1.54) is 12.3 Å². The molecule has 0 saturated heterocycles. The molecule has 7 nitrogen and oxygen atoms in total. The summed E-state index contributed by atoms with van der Waals surface area (Å²) in [7, 11) is 0. The molecule has 2 heterocycles. The lowest BCUT2D eigenvalue weighted by Gasteiger charge is -2.09. The Kier molecular flexibility index (Phi) is 5.45. The maximum atomic E-state index is 12.1. The topological polar surface area (TPSA) is 96.5 Å². The summed E-state index contributed by atoms with van der Waals surface area (Å²) in [4.78, 5) is 23.9. The van der Waals surface area contributed by atoms with E-state index in [0.29, 0.717) is 23.6 Å². The molecule has 0 aliphatic carbocycles. The van der Waals surface area contributed by atoms with Gasteiger partial charge in [-0.15, -0.1) is 0 Å². The van der Waals surface area contributed by atoms with Crippen molar-refractivity contribution in [1.29, 1.82) is 0 Å². The molecule has 3 N–H and O–H groups in total. The standard InChI is InChI=1S/C18H15N3O4S/c22-16(19-11-14-3-1-9-24-14)12-5-7-13(8-6-12)20-18(26)21-17(23)15-4-2-10-25-15/h1-10H,11H2,(H,19,22)(H2,20,21,23,26). The first kappa shape index (κ1) is 17.4. The zero-order valence-corrected chi connectivity index (χ0v) is 14.3. The predicted molar refractivity (Wildman–Crippen MR) is 98.7 cm³/mol. The Labute approximate surface area is 154 Å². The summed E-state index contributed by atoms with van der Waals surface area (Å²) in [6.45, 7) is 0.314. The fourth-order valence-corrected chi connectivity index (χ4v) is 2.33. The van der Waals surface area contributed by atoms with Crippen LogP contribution in [0.15, 0.2) is 69.9 Å². The van der Waals surface area contributed by atoms with Gasteiger partial charge in [-0.1, -0.05) is 0 Å². The minimum Gasteiger partial charge on any atom is -0.467 e. The molecule has 132 valence electrons. The van der Waals surface area contributed by atoms with Gasteiger partial charge in [-0.05, 0) is 60.7 Å². The van der Waals surface area contributed by atoms with E-state index in [1.54, 1.807) is 48.7 Å². The third-order valence-corrected chi connectivity index (χ3v) is 3.58. The van der Waals surface area contributed by atoms with E-state index in [2.05, 4.69) is 16.0 Å². The Hall–Kier alpha value is -3.39. The van der Waals surface area contributed by atoms with E-state index in [0.717, 1.165) is 0 Å². The fourth-order valence-electron chi connectivity index (χ4n) is 2.12. The third kappa shape index (κ3) is 4.58. The van der Waals surface area contributed by atoms with Gasteiger partial charge in [0.2, 0.25) is 0 Å². The van der Waals surface area contributed by atoms with Crippen molar-refractivity contribution in [3.05, 3.63) is 78.1 Å². The predicted octanol–water partition coefficient (Wildman–Crippen LogP) is 2.93. The lowest BCUT2D eigenvalue weighted by molar-refractivity contribution is 0.0941. The maximum absolute atomic E-state index is 12.1. The molecule has 8 heteroatoms. The van der Waals surface area contributed by atoms with Crippen molar-refractivity contribution in [3.63, 3.8) is 0 Å². The average molecular weight is 369 g/mol. The molecule has 1 aromatic carbocycles. The minimum absolute atomic E-state index is 0.126. The van der Waals surface area contributed by atoms with Crippen molar-refractivity contribution >= 4 is 34.8 Å². The molecule has 0 fully saturated rings. The molecule has 26 heavy (non-hydrogen) atoms. The molecule has 0 unspecified atom stereocenters. The SMILES string of the molecule is O=C(NCc1ccco1)c1ccc(NC(=S)NC(=O)c2ccco2)cc1. The normalized spacial score (nSPS) is 10.2. The van der Waals surface area contributed by atoms with Gasteiger partial charge in [0.1, 0.15) is 5.76 Å². The monoisotopic (exact) mass is 369 g/mol. The molecule has 0 radical (unpaired) electrons. The molecule has 3 rings (SSSR count). The Balaban J connectivity index is 1.51. The number of nitrogens with one attached hydrogen (secondary N) is 3. The summed E-state index contributed by atoms with van der Waals surface area (Å²) >= 11 is 5.08. The summed E-state index contributed by atoms with van der Waals surface area (Å²) in [6.07, 6.45) is 2.95. The van der Waals surface area contributed by atoms with Crippen LogP contribution in [0.2, 0.25) is 0 Å². The number of hydrogen-bond acceptors (Lipinski definition) is 5. The smallest absolute Gasteiger partial charge is 0.293 e. The lowest BCUT2D eigenvalue weighted by Crippen LogP contribution is -2.33. The minimum atomic E-state index is -0.443. The van der Waals surface area contributed by atoms with Gasteiger partial charge in [0, 0.05) is 11.3 Å². The second-order valence-corrected chi connectivity index (χ2v) is 5.63. The highest BCUT2D eigenvalue weighted by molar-refractivity contribution is 7.80. The van der Waals surface area contributed by atoms with Gasteiger partial charge in [-0.2, -0.15) is 0 Å². The Morgan fingerprint density at radius 1 is 0.923 bits per heavy atom. The van der Waals surface area contributed by atoms with Crippen molar-refractivity contribution in [2.75, 3.05) is 5.32 Å². The number of rotatable bonds is 5. The van der Waals surface area contributed by atoms with Crippen molar-refractivity contribution in [1.82, 2.24) is 10.6 Å². The van der Waals surface area contributed by atoms with Gasteiger partial charge in [0.15, 0.2) is 10.9 Å². The second-order valence-electron chi connectivity index (χ2n) is 5.22. The summed E-state index contributed by atoms with van der Waals surface area (Å²) in [5, 5.41) is 8.25. The molecule has 0 spiro atoms. The number of hydrogen-bond donors (Lipinski definition) is 3. The number of anilines is 1. The summed E-state index contributed by atoms with van der Waals surface area (Å²) in [5.74, 6) is 0.176. The Bertz CT molecular complexity index is 887. The summed E-state index contributed by atoms with van der Waals surface area (Å²) in [6, 6.07) is 13.4. The van der Waals surface area contributed by atoms with Crippen LogP contribution in [0.5, 0.6) is 0 Å². The molecule has 0 aliphatic rings. The van der Waals surface area contributed by atoms with Gasteiger partial charge in [0.05, 0.1) is 19.1 Å². The van der Waals surface area contributed by atoms with E-state index in [1.807, 2.05) is 0 Å². The summed E-state index contributed by atoms with van der Waals surface area (Å²) < 4.78 is 10.1. The molecule has 2 amide bonds. The van der Waals surface area contributed by atoms with Crippen LogP contribution < -0.4 is 16.0 Å².